The van der Waals surface area contributed by atoms with E-state index < -0.39 is 17.7 Å². The van der Waals surface area contributed by atoms with E-state index in [1.54, 1.807) is 17.5 Å². The van der Waals surface area contributed by atoms with Crippen molar-refractivity contribution in [2.24, 2.45) is 0 Å². The average molecular weight is 384 g/mol. The van der Waals surface area contributed by atoms with Crippen molar-refractivity contribution in [3.63, 3.8) is 0 Å². The summed E-state index contributed by atoms with van der Waals surface area (Å²) in [6, 6.07) is 8.24. The van der Waals surface area contributed by atoms with E-state index >= 15 is 0 Å². The fourth-order valence-corrected chi connectivity index (χ4v) is 3.47. The molecule has 0 aliphatic heterocycles. The summed E-state index contributed by atoms with van der Waals surface area (Å²) in [6.07, 6.45) is -4.49. The molecule has 0 spiro atoms. The molecule has 0 amide bonds. The van der Waals surface area contributed by atoms with Crippen LogP contribution in [0.3, 0.4) is 0 Å². The smallest absolute Gasteiger partial charge is 0.416 e. The maximum absolute atomic E-state index is 13.0. The lowest BCUT2D eigenvalue weighted by Crippen LogP contribution is -2.24. The van der Waals surface area contributed by atoms with Gasteiger partial charge in [-0.3, -0.25) is 4.57 Å². The van der Waals surface area contributed by atoms with Crippen LogP contribution >= 0.6 is 23.1 Å². The fourth-order valence-electron chi connectivity index (χ4n) is 2.11. The Hall–Kier alpha value is -2.33. The summed E-state index contributed by atoms with van der Waals surface area (Å²) in [5.74, 6) is -1.35. The molecule has 0 unspecified atom stereocenters. The Kier molecular flexibility index (Phi) is 4.82. The minimum Gasteiger partial charge on any atom is -0.549 e. The molecule has 5 nitrogen and oxygen atoms in total. The highest BCUT2D eigenvalue weighted by molar-refractivity contribution is 7.99. The molecule has 3 aromatic rings. The van der Waals surface area contributed by atoms with Gasteiger partial charge in [0.1, 0.15) is 0 Å². The quantitative estimate of drug-likeness (QED) is 0.633. The SMILES string of the molecule is O=C([O-])CSc1nnc(-c2cccs2)n1-c1cccc(C(F)(F)F)c1. The zero-order chi connectivity index (χ0) is 18.0. The van der Waals surface area contributed by atoms with Crippen LogP contribution < -0.4 is 5.11 Å². The highest BCUT2D eigenvalue weighted by Gasteiger charge is 2.31. The van der Waals surface area contributed by atoms with Crippen molar-refractivity contribution < 1.29 is 23.1 Å². The van der Waals surface area contributed by atoms with Gasteiger partial charge in [0.05, 0.1) is 22.1 Å². The largest absolute Gasteiger partial charge is 0.549 e. The first-order chi connectivity index (χ1) is 11.9. The monoisotopic (exact) mass is 384 g/mol. The van der Waals surface area contributed by atoms with Gasteiger partial charge in [0, 0.05) is 5.75 Å². The number of carbonyl (C=O) groups excluding carboxylic acids is 1. The van der Waals surface area contributed by atoms with Crippen LogP contribution in [0.15, 0.2) is 46.9 Å². The van der Waals surface area contributed by atoms with Gasteiger partial charge in [-0.15, -0.1) is 21.5 Å². The summed E-state index contributed by atoms with van der Waals surface area (Å²) in [5, 5.41) is 20.6. The number of rotatable bonds is 5. The number of carboxylic acid groups (broad SMARTS) is 1. The molecular formula is C15H9F3N3O2S2-. The fraction of sp³-hybridized carbons (Fsp3) is 0.133. The molecule has 0 radical (unpaired) electrons. The van der Waals surface area contributed by atoms with Crippen LogP contribution in [0.4, 0.5) is 13.2 Å². The predicted octanol–water partition coefficient (Wildman–Crippen LogP) is 2.86. The highest BCUT2D eigenvalue weighted by Crippen LogP contribution is 2.34. The number of aliphatic carboxylic acids is 1. The highest BCUT2D eigenvalue weighted by atomic mass is 32.2. The first-order valence-electron chi connectivity index (χ1n) is 6.86. The van der Waals surface area contributed by atoms with E-state index in [9.17, 15) is 23.1 Å². The number of alkyl halides is 3. The predicted molar refractivity (Wildman–Crippen MR) is 85.4 cm³/mol. The summed E-state index contributed by atoms with van der Waals surface area (Å²) < 4.78 is 40.4. The van der Waals surface area contributed by atoms with E-state index in [0.29, 0.717) is 10.7 Å². The molecule has 3 rings (SSSR count). The summed E-state index contributed by atoms with van der Waals surface area (Å²) in [4.78, 5) is 11.4. The number of carboxylic acids is 1. The van der Waals surface area contributed by atoms with Gasteiger partial charge in [-0.2, -0.15) is 13.2 Å². The van der Waals surface area contributed by atoms with Crippen molar-refractivity contribution in [3.05, 3.63) is 47.3 Å². The number of halogens is 3. The van der Waals surface area contributed by atoms with Crippen molar-refractivity contribution in [1.82, 2.24) is 14.8 Å². The summed E-state index contributed by atoms with van der Waals surface area (Å²) in [5.41, 5.74) is -0.615. The normalized spacial score (nSPS) is 11.6. The molecule has 2 aromatic heterocycles. The van der Waals surface area contributed by atoms with Gasteiger partial charge in [0.15, 0.2) is 11.0 Å². The number of nitrogens with zero attached hydrogens (tertiary/aromatic N) is 3. The van der Waals surface area contributed by atoms with Crippen LogP contribution in [0, 0.1) is 0 Å². The van der Waals surface area contributed by atoms with Crippen LogP contribution in [0.1, 0.15) is 5.56 Å². The number of aromatic nitrogens is 3. The van der Waals surface area contributed by atoms with Crippen molar-refractivity contribution in [3.8, 4) is 16.4 Å². The third-order valence-corrected chi connectivity index (χ3v) is 4.89. The zero-order valence-electron chi connectivity index (χ0n) is 12.4. The van der Waals surface area contributed by atoms with E-state index in [1.165, 1.54) is 28.0 Å². The van der Waals surface area contributed by atoms with Gasteiger partial charge in [-0.1, -0.05) is 23.9 Å². The molecule has 0 fully saturated rings. The first-order valence-corrected chi connectivity index (χ1v) is 8.72. The molecule has 0 aliphatic rings. The molecule has 0 saturated heterocycles. The number of carbonyl (C=O) groups is 1. The Morgan fingerprint density at radius 2 is 2.04 bits per heavy atom. The van der Waals surface area contributed by atoms with E-state index in [4.69, 9.17) is 0 Å². The summed E-state index contributed by atoms with van der Waals surface area (Å²) >= 11 is 2.18. The molecule has 1 aromatic carbocycles. The van der Waals surface area contributed by atoms with E-state index in [2.05, 4.69) is 10.2 Å². The molecule has 130 valence electrons. The second-order valence-electron chi connectivity index (χ2n) is 4.83. The molecule has 0 atom stereocenters. The zero-order valence-corrected chi connectivity index (χ0v) is 14.0. The van der Waals surface area contributed by atoms with E-state index in [1.807, 2.05) is 0 Å². The summed E-state index contributed by atoms with van der Waals surface area (Å²) in [6.45, 7) is 0. The van der Waals surface area contributed by atoms with Crippen LogP contribution in [0.2, 0.25) is 0 Å². The number of hydrogen-bond donors (Lipinski definition) is 0. The number of hydrogen-bond acceptors (Lipinski definition) is 6. The Morgan fingerprint density at radius 3 is 2.68 bits per heavy atom. The topological polar surface area (TPSA) is 70.8 Å². The Labute approximate surface area is 148 Å². The Bertz CT molecular complexity index is 892. The molecule has 0 saturated carbocycles. The van der Waals surface area contributed by atoms with E-state index in [-0.39, 0.29) is 16.6 Å². The van der Waals surface area contributed by atoms with Crippen LogP contribution in [0.25, 0.3) is 16.4 Å². The Morgan fingerprint density at radius 1 is 1.24 bits per heavy atom. The number of thiophene rings is 1. The lowest BCUT2D eigenvalue weighted by atomic mass is 10.2. The second kappa shape index (κ2) is 6.89. The van der Waals surface area contributed by atoms with Crippen LogP contribution in [-0.2, 0) is 11.0 Å². The third-order valence-electron chi connectivity index (χ3n) is 3.13. The summed E-state index contributed by atoms with van der Waals surface area (Å²) in [7, 11) is 0. The second-order valence-corrected chi connectivity index (χ2v) is 6.72. The van der Waals surface area contributed by atoms with Gasteiger partial charge in [0.2, 0.25) is 0 Å². The van der Waals surface area contributed by atoms with Gasteiger partial charge >= 0.3 is 6.18 Å². The van der Waals surface area contributed by atoms with Crippen molar-refractivity contribution in [2.75, 3.05) is 5.75 Å². The third kappa shape index (κ3) is 3.85. The molecule has 0 bridgehead atoms. The molecule has 2 heterocycles. The lowest BCUT2D eigenvalue weighted by molar-refractivity contribution is -0.301. The van der Waals surface area contributed by atoms with Crippen LogP contribution in [0.5, 0.6) is 0 Å². The maximum atomic E-state index is 13.0. The molecule has 10 heteroatoms. The minimum absolute atomic E-state index is 0.173. The number of benzene rings is 1. The first kappa shape index (κ1) is 17.5. The number of thioether (sulfide) groups is 1. The average Bonchev–Trinajstić information content (AvgIpc) is 3.21. The molecule has 25 heavy (non-hydrogen) atoms. The molecule has 0 aliphatic carbocycles. The van der Waals surface area contributed by atoms with Crippen LogP contribution in [-0.4, -0.2) is 26.5 Å². The van der Waals surface area contributed by atoms with Crippen molar-refractivity contribution in [2.45, 2.75) is 11.3 Å². The van der Waals surface area contributed by atoms with Crippen molar-refractivity contribution >= 4 is 29.1 Å². The molecular weight excluding hydrogens is 375 g/mol. The Balaban J connectivity index is 2.12. The van der Waals surface area contributed by atoms with Gasteiger partial charge in [0.25, 0.3) is 0 Å². The molecule has 0 N–H and O–H groups in total. The van der Waals surface area contributed by atoms with Gasteiger partial charge in [-0.05, 0) is 29.6 Å². The van der Waals surface area contributed by atoms with Crippen molar-refractivity contribution in [1.29, 1.82) is 0 Å². The van der Waals surface area contributed by atoms with Gasteiger partial charge < -0.3 is 9.90 Å². The standard InChI is InChI=1S/C15H10F3N3O2S2/c16-15(17,18)9-3-1-4-10(7-9)21-13(11-5-2-6-24-11)19-20-14(21)25-8-12(22)23/h1-7H,8H2,(H,22,23)/p-1. The lowest BCUT2D eigenvalue weighted by Gasteiger charge is -2.12. The maximum Gasteiger partial charge on any atom is 0.416 e. The van der Waals surface area contributed by atoms with E-state index in [0.717, 1.165) is 23.9 Å². The minimum atomic E-state index is -4.49. The van der Waals surface area contributed by atoms with Gasteiger partial charge in [-0.25, -0.2) is 0 Å².